The minimum atomic E-state index is 0.489. The maximum Gasteiger partial charge on any atom is 0.0797 e. The summed E-state index contributed by atoms with van der Waals surface area (Å²) in [7, 11) is 0. The molecule has 4 saturated carbocycles. The summed E-state index contributed by atoms with van der Waals surface area (Å²) in [5, 5.41) is 0. The molecule has 4 bridgehead atoms. The maximum atomic E-state index is 4.31. The minimum absolute atomic E-state index is 0.489. The fraction of sp³-hybridized carbons (Fsp3) is 0.647. The Morgan fingerprint density at radius 2 is 1.68 bits per heavy atom. The highest BCUT2D eigenvalue weighted by Gasteiger charge is 2.58. The molecular formula is C17H23BrN+. The highest BCUT2D eigenvalue weighted by Crippen LogP contribution is 2.65. The van der Waals surface area contributed by atoms with Gasteiger partial charge in [0.15, 0.2) is 0 Å². The van der Waals surface area contributed by atoms with Crippen molar-refractivity contribution in [3.8, 4) is 0 Å². The lowest BCUT2D eigenvalue weighted by molar-refractivity contribution is -0.403. The van der Waals surface area contributed by atoms with Crippen molar-refractivity contribution in [3.63, 3.8) is 0 Å². The van der Waals surface area contributed by atoms with Gasteiger partial charge in [0.25, 0.3) is 0 Å². The fourth-order valence-electron chi connectivity index (χ4n) is 5.89. The molecule has 0 aliphatic heterocycles. The zero-order chi connectivity index (χ0) is 13.1. The van der Waals surface area contributed by atoms with Gasteiger partial charge >= 0.3 is 0 Å². The molecule has 2 heteroatoms. The van der Waals surface area contributed by atoms with Crippen LogP contribution in [0, 0.1) is 17.3 Å². The van der Waals surface area contributed by atoms with Crippen LogP contribution in [0.4, 0.5) is 0 Å². The Morgan fingerprint density at radius 1 is 1.05 bits per heavy atom. The molecule has 4 atom stereocenters. The molecule has 102 valence electrons. The number of rotatable bonds is 2. The van der Waals surface area contributed by atoms with Gasteiger partial charge in [-0.15, -0.1) is 0 Å². The van der Waals surface area contributed by atoms with E-state index in [1.54, 1.807) is 5.56 Å². The lowest BCUT2D eigenvalue weighted by Crippen LogP contribution is -2.65. The molecule has 5 rings (SSSR count). The Bertz CT molecular complexity index is 478. The third kappa shape index (κ3) is 1.83. The fourth-order valence-corrected chi connectivity index (χ4v) is 6.15. The average molecular weight is 321 g/mol. The standard InChI is InChI=1S/C17H22BrN/c18-15-3-1-14(2-4-15)17-8-12-5-13(9-17)7-16(6-12,10-17)11-19/h1-4,12-13H,5-11,19H2/p+1/t12-,13+,16?,17?. The monoisotopic (exact) mass is 320 g/mol. The lowest BCUT2D eigenvalue weighted by Gasteiger charge is -2.61. The summed E-state index contributed by atoms with van der Waals surface area (Å²) in [5.74, 6) is 1.96. The van der Waals surface area contributed by atoms with Crippen LogP contribution in [0.2, 0.25) is 0 Å². The molecule has 4 aliphatic carbocycles. The van der Waals surface area contributed by atoms with Crippen LogP contribution in [0.3, 0.4) is 0 Å². The quantitative estimate of drug-likeness (QED) is 0.863. The summed E-state index contributed by atoms with van der Waals surface area (Å²) in [6.07, 6.45) is 8.70. The van der Waals surface area contributed by atoms with E-state index in [9.17, 15) is 0 Å². The second kappa shape index (κ2) is 4.08. The number of halogens is 1. The Labute approximate surface area is 124 Å². The van der Waals surface area contributed by atoms with E-state index >= 15 is 0 Å². The summed E-state index contributed by atoms with van der Waals surface area (Å²) >= 11 is 3.57. The van der Waals surface area contributed by atoms with Crippen LogP contribution in [0.5, 0.6) is 0 Å². The second-order valence-electron chi connectivity index (χ2n) is 7.50. The van der Waals surface area contributed by atoms with Gasteiger partial charge in [0.1, 0.15) is 0 Å². The SMILES string of the molecule is [NH3+]CC12C[C@H]3C[C@@H](C1)CC(c1ccc(Br)cc1)(C3)C2. The number of hydrogen-bond donors (Lipinski definition) is 1. The molecule has 0 amide bonds. The van der Waals surface area contributed by atoms with Crippen molar-refractivity contribution in [2.75, 3.05) is 6.54 Å². The predicted octanol–water partition coefficient (Wildman–Crippen LogP) is 3.53. The van der Waals surface area contributed by atoms with Crippen LogP contribution in [-0.4, -0.2) is 6.54 Å². The van der Waals surface area contributed by atoms with Crippen molar-refractivity contribution in [2.45, 2.75) is 43.9 Å². The summed E-state index contributed by atoms with van der Waals surface area (Å²) in [5.41, 5.74) is 6.98. The molecule has 4 fully saturated rings. The van der Waals surface area contributed by atoms with Crippen molar-refractivity contribution in [3.05, 3.63) is 34.3 Å². The van der Waals surface area contributed by atoms with Gasteiger partial charge < -0.3 is 5.73 Å². The summed E-state index contributed by atoms with van der Waals surface area (Å²) in [6.45, 7) is 1.15. The molecule has 0 saturated heterocycles. The van der Waals surface area contributed by atoms with E-state index in [1.165, 1.54) is 43.0 Å². The molecule has 0 spiro atoms. The summed E-state index contributed by atoms with van der Waals surface area (Å²) in [4.78, 5) is 0. The van der Waals surface area contributed by atoms with E-state index in [0.717, 1.165) is 18.4 Å². The molecule has 3 N–H and O–H groups in total. The predicted molar refractivity (Wildman–Crippen MR) is 80.7 cm³/mol. The number of benzene rings is 1. The molecule has 4 aliphatic rings. The van der Waals surface area contributed by atoms with Crippen LogP contribution in [0.1, 0.15) is 44.1 Å². The van der Waals surface area contributed by atoms with E-state index in [4.69, 9.17) is 0 Å². The second-order valence-corrected chi connectivity index (χ2v) is 8.41. The third-order valence-electron chi connectivity index (χ3n) is 6.17. The van der Waals surface area contributed by atoms with Crippen LogP contribution in [0.15, 0.2) is 28.7 Å². The first-order valence-electron chi connectivity index (χ1n) is 7.68. The molecule has 1 nitrogen and oxygen atoms in total. The molecule has 0 aromatic heterocycles. The Kier molecular flexibility index (Phi) is 2.66. The summed E-state index contributed by atoms with van der Waals surface area (Å²) < 4.78 is 1.20. The maximum absolute atomic E-state index is 4.31. The highest BCUT2D eigenvalue weighted by atomic mass is 79.9. The van der Waals surface area contributed by atoms with Gasteiger partial charge in [-0.2, -0.15) is 0 Å². The molecule has 2 unspecified atom stereocenters. The van der Waals surface area contributed by atoms with Gasteiger partial charge in [-0.3, -0.25) is 0 Å². The Balaban J connectivity index is 1.76. The van der Waals surface area contributed by atoms with Crippen molar-refractivity contribution >= 4 is 15.9 Å². The van der Waals surface area contributed by atoms with Gasteiger partial charge in [-0.25, -0.2) is 0 Å². The van der Waals surface area contributed by atoms with E-state index in [1.807, 2.05) is 0 Å². The average Bonchev–Trinajstić information content (AvgIpc) is 2.38. The largest absolute Gasteiger partial charge is 0.357 e. The van der Waals surface area contributed by atoms with Gasteiger partial charge in [-0.05, 0) is 73.5 Å². The zero-order valence-corrected chi connectivity index (χ0v) is 13.1. The Hall–Kier alpha value is -0.340. The number of quaternary nitrogens is 1. The zero-order valence-electron chi connectivity index (χ0n) is 11.5. The molecule has 0 radical (unpaired) electrons. The van der Waals surface area contributed by atoms with Crippen molar-refractivity contribution in [1.29, 1.82) is 0 Å². The van der Waals surface area contributed by atoms with Gasteiger partial charge in [0, 0.05) is 9.89 Å². The van der Waals surface area contributed by atoms with Gasteiger partial charge in [0.2, 0.25) is 0 Å². The molecule has 1 aromatic rings. The molecule has 1 aromatic carbocycles. The van der Waals surface area contributed by atoms with Crippen LogP contribution in [0.25, 0.3) is 0 Å². The van der Waals surface area contributed by atoms with E-state index < -0.39 is 0 Å². The van der Waals surface area contributed by atoms with Gasteiger partial charge in [0.05, 0.1) is 6.54 Å². The summed E-state index contributed by atoms with van der Waals surface area (Å²) in [6, 6.07) is 9.19. The molecule has 19 heavy (non-hydrogen) atoms. The Morgan fingerprint density at radius 3 is 2.26 bits per heavy atom. The first-order chi connectivity index (χ1) is 9.13. The lowest BCUT2D eigenvalue weighted by atomic mass is 9.43. The van der Waals surface area contributed by atoms with Crippen LogP contribution >= 0.6 is 15.9 Å². The minimum Gasteiger partial charge on any atom is -0.357 e. The number of hydrogen-bond acceptors (Lipinski definition) is 0. The normalized spacial score (nSPS) is 43.7. The topological polar surface area (TPSA) is 27.6 Å². The van der Waals surface area contributed by atoms with E-state index in [2.05, 4.69) is 45.9 Å². The van der Waals surface area contributed by atoms with Gasteiger partial charge in [-0.1, -0.05) is 28.1 Å². The third-order valence-corrected chi connectivity index (χ3v) is 6.70. The molecular weight excluding hydrogens is 298 g/mol. The van der Waals surface area contributed by atoms with E-state index in [0.29, 0.717) is 10.8 Å². The first-order valence-corrected chi connectivity index (χ1v) is 8.48. The smallest absolute Gasteiger partial charge is 0.0797 e. The van der Waals surface area contributed by atoms with Crippen LogP contribution in [-0.2, 0) is 5.41 Å². The van der Waals surface area contributed by atoms with Crippen molar-refractivity contribution in [2.24, 2.45) is 17.3 Å². The first kappa shape index (κ1) is 12.4. The van der Waals surface area contributed by atoms with Crippen LogP contribution < -0.4 is 5.73 Å². The highest BCUT2D eigenvalue weighted by molar-refractivity contribution is 9.10. The molecule has 0 heterocycles. The van der Waals surface area contributed by atoms with E-state index in [-0.39, 0.29) is 0 Å². The van der Waals surface area contributed by atoms with Crippen molar-refractivity contribution in [1.82, 2.24) is 0 Å². The van der Waals surface area contributed by atoms with Crippen molar-refractivity contribution < 1.29 is 5.73 Å².